The Bertz CT molecular complexity index is 516. The zero-order chi connectivity index (χ0) is 15.2. The molecule has 0 radical (unpaired) electrons. The van der Waals surface area contributed by atoms with Crippen LogP contribution in [0.2, 0.25) is 0 Å². The van der Waals surface area contributed by atoms with E-state index in [1.165, 1.54) is 5.56 Å². The largest absolute Gasteiger partial charge is 0.480 e. The Morgan fingerprint density at radius 3 is 2.76 bits per heavy atom. The van der Waals surface area contributed by atoms with Crippen LogP contribution in [0.1, 0.15) is 25.3 Å². The van der Waals surface area contributed by atoms with Crippen LogP contribution in [0.15, 0.2) is 24.3 Å². The Morgan fingerprint density at radius 2 is 2.05 bits per heavy atom. The van der Waals surface area contributed by atoms with Crippen LogP contribution in [0.25, 0.3) is 0 Å². The highest BCUT2D eigenvalue weighted by molar-refractivity contribution is 5.96. The van der Waals surface area contributed by atoms with Crippen molar-refractivity contribution in [1.82, 2.24) is 4.90 Å². The van der Waals surface area contributed by atoms with E-state index in [4.69, 9.17) is 5.11 Å². The van der Waals surface area contributed by atoms with Crippen molar-refractivity contribution in [3.8, 4) is 0 Å². The van der Waals surface area contributed by atoms with Crippen molar-refractivity contribution in [3.05, 3.63) is 29.8 Å². The van der Waals surface area contributed by atoms with Gasteiger partial charge in [0.15, 0.2) is 0 Å². The minimum atomic E-state index is -0.893. The molecule has 5 nitrogen and oxygen atoms in total. The van der Waals surface area contributed by atoms with E-state index in [9.17, 15) is 9.59 Å². The van der Waals surface area contributed by atoms with E-state index >= 15 is 0 Å². The summed E-state index contributed by atoms with van der Waals surface area (Å²) in [5, 5.41) is 8.92. The monoisotopic (exact) mass is 290 g/mol. The van der Waals surface area contributed by atoms with Crippen molar-refractivity contribution in [2.75, 3.05) is 31.1 Å². The number of aryl methyl sites for hydroxylation is 1. The fraction of sp³-hybridized carbons (Fsp3) is 0.500. The van der Waals surface area contributed by atoms with Crippen molar-refractivity contribution >= 4 is 17.6 Å². The molecule has 1 aromatic carbocycles. The molecule has 0 spiro atoms. The number of aliphatic carboxylic acids is 1. The van der Waals surface area contributed by atoms with E-state index in [0.717, 1.165) is 24.9 Å². The second kappa shape index (κ2) is 7.22. The van der Waals surface area contributed by atoms with Crippen LogP contribution in [0.4, 0.5) is 5.69 Å². The van der Waals surface area contributed by atoms with Gasteiger partial charge in [-0.15, -0.1) is 0 Å². The Hall–Kier alpha value is -1.88. The smallest absolute Gasteiger partial charge is 0.317 e. The molecule has 21 heavy (non-hydrogen) atoms. The Balaban J connectivity index is 2.08. The summed E-state index contributed by atoms with van der Waals surface area (Å²) >= 11 is 0. The van der Waals surface area contributed by atoms with Gasteiger partial charge in [-0.2, -0.15) is 0 Å². The number of anilines is 1. The number of hydrogen-bond acceptors (Lipinski definition) is 3. The second-order valence-electron chi connectivity index (χ2n) is 5.38. The molecule has 114 valence electrons. The zero-order valence-corrected chi connectivity index (χ0v) is 12.4. The van der Waals surface area contributed by atoms with Crippen molar-refractivity contribution in [1.29, 1.82) is 0 Å². The van der Waals surface area contributed by atoms with Crippen LogP contribution in [-0.4, -0.2) is 48.1 Å². The average Bonchev–Trinajstić information content (AvgIpc) is 2.46. The Labute approximate surface area is 125 Å². The molecule has 2 rings (SSSR count). The fourth-order valence-corrected chi connectivity index (χ4v) is 2.79. The molecule has 5 heteroatoms. The molecule has 1 aromatic rings. The molecule has 0 saturated carbocycles. The quantitative estimate of drug-likeness (QED) is 0.867. The molecule has 1 aliphatic rings. The van der Waals surface area contributed by atoms with Gasteiger partial charge in [-0.1, -0.05) is 25.1 Å². The summed E-state index contributed by atoms with van der Waals surface area (Å²) in [6.07, 6.45) is 2.78. The van der Waals surface area contributed by atoms with E-state index in [0.29, 0.717) is 13.1 Å². The summed E-state index contributed by atoms with van der Waals surface area (Å²) in [6.45, 7) is 3.38. The van der Waals surface area contributed by atoms with Gasteiger partial charge in [0.2, 0.25) is 5.91 Å². The lowest BCUT2D eigenvalue weighted by molar-refractivity contribution is -0.138. The summed E-state index contributed by atoms with van der Waals surface area (Å²) < 4.78 is 0. The highest BCUT2D eigenvalue weighted by Gasteiger charge is 2.24. The predicted molar refractivity (Wildman–Crippen MR) is 81.5 cm³/mol. The van der Waals surface area contributed by atoms with Crippen molar-refractivity contribution < 1.29 is 14.7 Å². The van der Waals surface area contributed by atoms with Gasteiger partial charge in [-0.3, -0.25) is 14.5 Å². The topological polar surface area (TPSA) is 60.9 Å². The molecule has 0 aliphatic carbocycles. The van der Waals surface area contributed by atoms with Gasteiger partial charge in [0.1, 0.15) is 0 Å². The van der Waals surface area contributed by atoms with E-state index in [2.05, 4.69) is 6.07 Å². The third-order valence-electron chi connectivity index (χ3n) is 3.67. The number of fused-ring (bicyclic) bond motifs is 1. The summed E-state index contributed by atoms with van der Waals surface area (Å²) in [6, 6.07) is 7.94. The maximum Gasteiger partial charge on any atom is 0.317 e. The standard InChI is InChI=1S/C16H22N2O3/c1-2-9-17(12-16(20)21)11-15(19)18-10-5-7-13-6-3-4-8-14(13)18/h3-4,6,8H,2,5,7,9-12H2,1H3,(H,20,21). The SMILES string of the molecule is CCCN(CC(=O)O)CC(=O)N1CCCc2ccccc21. The maximum atomic E-state index is 12.5. The van der Waals surface area contributed by atoms with Crippen LogP contribution in [0.3, 0.4) is 0 Å². The summed E-state index contributed by atoms with van der Waals surface area (Å²) in [5.41, 5.74) is 2.16. The lowest BCUT2D eigenvalue weighted by Crippen LogP contribution is -2.44. The first-order valence-corrected chi connectivity index (χ1v) is 7.44. The molecule has 1 amide bonds. The first-order chi connectivity index (χ1) is 10.1. The lowest BCUT2D eigenvalue weighted by atomic mass is 10.0. The normalized spacial score (nSPS) is 14.1. The number of carbonyl (C=O) groups excluding carboxylic acids is 1. The van der Waals surface area contributed by atoms with E-state index < -0.39 is 5.97 Å². The van der Waals surface area contributed by atoms with Crippen LogP contribution >= 0.6 is 0 Å². The van der Waals surface area contributed by atoms with Crippen LogP contribution in [0.5, 0.6) is 0 Å². The molecule has 0 fully saturated rings. The van der Waals surface area contributed by atoms with Gasteiger partial charge in [0.05, 0.1) is 13.1 Å². The van der Waals surface area contributed by atoms with Crippen molar-refractivity contribution in [3.63, 3.8) is 0 Å². The summed E-state index contributed by atoms with van der Waals surface area (Å²) in [7, 11) is 0. The number of nitrogens with zero attached hydrogens (tertiary/aromatic N) is 2. The number of hydrogen-bond donors (Lipinski definition) is 1. The maximum absolute atomic E-state index is 12.5. The van der Waals surface area contributed by atoms with E-state index in [1.54, 1.807) is 9.80 Å². The number of benzene rings is 1. The number of carbonyl (C=O) groups is 2. The number of carboxylic acids is 1. The molecular formula is C16H22N2O3. The van der Waals surface area contributed by atoms with Crippen LogP contribution < -0.4 is 4.90 Å². The van der Waals surface area contributed by atoms with Crippen molar-refractivity contribution in [2.45, 2.75) is 26.2 Å². The summed E-state index contributed by atoms with van der Waals surface area (Å²) in [4.78, 5) is 26.9. The molecule has 1 N–H and O–H groups in total. The Kier molecular flexibility index (Phi) is 5.33. The molecule has 1 heterocycles. The third-order valence-corrected chi connectivity index (χ3v) is 3.67. The van der Waals surface area contributed by atoms with Gasteiger partial charge in [-0.05, 0) is 37.4 Å². The molecule has 1 aliphatic heterocycles. The molecular weight excluding hydrogens is 268 g/mol. The average molecular weight is 290 g/mol. The minimum absolute atomic E-state index is 0.0168. The number of rotatable bonds is 6. The number of carboxylic acid groups (broad SMARTS) is 1. The molecule has 0 bridgehead atoms. The van der Waals surface area contributed by atoms with Crippen LogP contribution in [0, 0.1) is 0 Å². The molecule has 0 unspecified atom stereocenters. The minimum Gasteiger partial charge on any atom is -0.480 e. The van der Waals surface area contributed by atoms with E-state index in [1.807, 2.05) is 25.1 Å². The third kappa shape index (κ3) is 4.04. The summed E-state index contributed by atoms with van der Waals surface area (Å²) in [5.74, 6) is -0.910. The van der Waals surface area contributed by atoms with Gasteiger partial charge in [0.25, 0.3) is 0 Å². The Morgan fingerprint density at radius 1 is 1.29 bits per heavy atom. The number of para-hydroxylation sites is 1. The zero-order valence-electron chi connectivity index (χ0n) is 12.4. The van der Waals surface area contributed by atoms with Crippen LogP contribution in [-0.2, 0) is 16.0 Å². The van der Waals surface area contributed by atoms with E-state index in [-0.39, 0.29) is 19.0 Å². The predicted octanol–water partition coefficient (Wildman–Crippen LogP) is 1.76. The van der Waals surface area contributed by atoms with Gasteiger partial charge in [0, 0.05) is 12.2 Å². The first kappa shape index (κ1) is 15.5. The lowest BCUT2D eigenvalue weighted by Gasteiger charge is -2.31. The highest BCUT2D eigenvalue weighted by Crippen LogP contribution is 2.26. The highest BCUT2D eigenvalue weighted by atomic mass is 16.4. The second-order valence-corrected chi connectivity index (χ2v) is 5.38. The molecule has 0 saturated heterocycles. The van der Waals surface area contributed by atoms with Gasteiger partial charge in [-0.25, -0.2) is 0 Å². The van der Waals surface area contributed by atoms with Gasteiger partial charge < -0.3 is 10.0 Å². The molecule has 0 atom stereocenters. The van der Waals surface area contributed by atoms with Crippen molar-refractivity contribution in [2.24, 2.45) is 0 Å². The van der Waals surface area contributed by atoms with Gasteiger partial charge >= 0.3 is 5.97 Å². The first-order valence-electron chi connectivity index (χ1n) is 7.44. The molecule has 0 aromatic heterocycles. The number of amides is 1. The fourth-order valence-electron chi connectivity index (χ4n) is 2.79.